The fraction of sp³-hybridized carbons (Fsp3) is 0.500. The summed E-state index contributed by atoms with van der Waals surface area (Å²) >= 11 is 0.851. The van der Waals surface area contributed by atoms with E-state index >= 15 is 0 Å². The van der Waals surface area contributed by atoms with Gasteiger partial charge < -0.3 is 5.73 Å². The van der Waals surface area contributed by atoms with Crippen molar-refractivity contribution in [2.75, 3.05) is 6.54 Å². The predicted molar refractivity (Wildman–Crippen MR) is 65.3 cm³/mol. The first-order valence-electron chi connectivity index (χ1n) is 5.35. The van der Waals surface area contributed by atoms with Gasteiger partial charge in [-0.05, 0) is 38.4 Å². The second-order valence-electron chi connectivity index (χ2n) is 3.99. The largest absolute Gasteiger partial charge is 0.400 e. The summed E-state index contributed by atoms with van der Waals surface area (Å²) in [7, 11) is 0. The number of alkyl halides is 3. The molecule has 0 amide bonds. The predicted octanol–water partition coefficient (Wildman–Crippen LogP) is 3.68. The Kier molecular flexibility index (Phi) is 4.89. The third-order valence-electron chi connectivity index (χ3n) is 2.39. The van der Waals surface area contributed by atoms with E-state index in [0.717, 1.165) is 22.9 Å². The van der Waals surface area contributed by atoms with Gasteiger partial charge in [0.05, 0.1) is 0 Å². The molecule has 1 aromatic rings. The Morgan fingerprint density at radius 3 is 2.41 bits per heavy atom. The molecule has 0 spiro atoms. The lowest BCUT2D eigenvalue weighted by molar-refractivity contribution is -0.129. The quantitative estimate of drug-likeness (QED) is 0.839. The molecule has 0 radical (unpaired) electrons. The van der Waals surface area contributed by atoms with Crippen LogP contribution in [0.15, 0.2) is 23.1 Å². The highest BCUT2D eigenvalue weighted by Crippen LogP contribution is 2.38. The normalized spacial score (nSPS) is 13.8. The summed E-state index contributed by atoms with van der Waals surface area (Å²) in [6.07, 6.45) is -4.26. The highest BCUT2D eigenvalue weighted by Gasteiger charge is 2.39. The summed E-state index contributed by atoms with van der Waals surface area (Å²) in [5.74, 6) is 0. The first-order chi connectivity index (χ1) is 7.84. The Morgan fingerprint density at radius 1 is 1.29 bits per heavy atom. The highest BCUT2D eigenvalue weighted by atomic mass is 32.2. The van der Waals surface area contributed by atoms with Crippen LogP contribution >= 0.6 is 11.8 Å². The zero-order valence-electron chi connectivity index (χ0n) is 9.84. The van der Waals surface area contributed by atoms with Gasteiger partial charge in [0, 0.05) is 4.90 Å². The Hall–Kier alpha value is -0.680. The molecule has 1 aromatic carbocycles. The van der Waals surface area contributed by atoms with E-state index < -0.39 is 11.4 Å². The van der Waals surface area contributed by atoms with Crippen molar-refractivity contribution in [2.24, 2.45) is 5.73 Å². The molecule has 1 rings (SSSR count). The molecule has 0 aliphatic rings. The molecule has 5 heteroatoms. The summed E-state index contributed by atoms with van der Waals surface area (Å²) < 4.78 is 38.2. The van der Waals surface area contributed by atoms with E-state index in [2.05, 4.69) is 0 Å². The molecule has 0 fully saturated rings. The van der Waals surface area contributed by atoms with Gasteiger partial charge in [0.1, 0.15) is 5.25 Å². The minimum Gasteiger partial charge on any atom is -0.330 e. The summed E-state index contributed by atoms with van der Waals surface area (Å²) in [5.41, 5.74) is 7.15. The van der Waals surface area contributed by atoms with Crippen LogP contribution in [0.25, 0.3) is 0 Å². The lowest BCUT2D eigenvalue weighted by atomic mass is 10.2. The molecule has 1 atom stereocenters. The molecule has 96 valence electrons. The van der Waals surface area contributed by atoms with Gasteiger partial charge in [-0.2, -0.15) is 13.2 Å². The number of rotatable bonds is 4. The molecule has 0 saturated heterocycles. The minimum absolute atomic E-state index is 0.0437. The van der Waals surface area contributed by atoms with Crippen molar-refractivity contribution >= 4 is 11.8 Å². The van der Waals surface area contributed by atoms with Crippen LogP contribution in [0.2, 0.25) is 0 Å². The summed E-state index contributed by atoms with van der Waals surface area (Å²) in [5, 5.41) is -1.42. The van der Waals surface area contributed by atoms with Crippen molar-refractivity contribution in [3.05, 3.63) is 29.3 Å². The van der Waals surface area contributed by atoms with Crippen molar-refractivity contribution in [2.45, 2.75) is 36.6 Å². The van der Waals surface area contributed by atoms with Gasteiger partial charge in [-0.1, -0.05) is 17.7 Å². The van der Waals surface area contributed by atoms with Crippen LogP contribution in [0.1, 0.15) is 17.5 Å². The highest BCUT2D eigenvalue weighted by molar-refractivity contribution is 8.00. The van der Waals surface area contributed by atoms with E-state index in [0.29, 0.717) is 4.90 Å². The molecule has 1 unspecified atom stereocenters. The molecule has 0 aliphatic carbocycles. The Morgan fingerprint density at radius 2 is 1.94 bits per heavy atom. The number of benzene rings is 1. The van der Waals surface area contributed by atoms with E-state index in [9.17, 15) is 13.2 Å². The number of halogens is 3. The van der Waals surface area contributed by atoms with Crippen LogP contribution in [0.4, 0.5) is 13.2 Å². The van der Waals surface area contributed by atoms with Gasteiger partial charge in [-0.25, -0.2) is 0 Å². The molecular weight excluding hydrogens is 247 g/mol. The van der Waals surface area contributed by atoms with Crippen molar-refractivity contribution in [3.63, 3.8) is 0 Å². The van der Waals surface area contributed by atoms with Gasteiger partial charge in [0.2, 0.25) is 0 Å². The topological polar surface area (TPSA) is 26.0 Å². The maximum atomic E-state index is 12.7. The monoisotopic (exact) mass is 263 g/mol. The second-order valence-corrected chi connectivity index (χ2v) is 5.24. The maximum absolute atomic E-state index is 12.7. The third kappa shape index (κ3) is 4.24. The lowest BCUT2D eigenvalue weighted by Gasteiger charge is -2.20. The van der Waals surface area contributed by atoms with E-state index in [1.165, 1.54) is 0 Å². The Bertz CT molecular complexity index is 377. The zero-order valence-corrected chi connectivity index (χ0v) is 10.7. The van der Waals surface area contributed by atoms with Crippen LogP contribution in [0, 0.1) is 13.8 Å². The van der Waals surface area contributed by atoms with E-state index in [1.807, 2.05) is 26.0 Å². The molecular formula is C12H16F3NS. The average molecular weight is 263 g/mol. The standard InChI is InChI=1S/C12H16F3NS/c1-8-3-4-10(9(2)7-8)17-11(5-6-16)12(13,14)15/h3-4,7,11H,5-6,16H2,1-2H3. The number of hydrogen-bond acceptors (Lipinski definition) is 2. The van der Waals surface area contributed by atoms with E-state index in [1.54, 1.807) is 6.07 Å². The van der Waals surface area contributed by atoms with Gasteiger partial charge in [0.25, 0.3) is 0 Å². The molecule has 0 heterocycles. The number of nitrogens with two attached hydrogens (primary N) is 1. The Balaban J connectivity index is 2.86. The van der Waals surface area contributed by atoms with Crippen LogP contribution < -0.4 is 5.73 Å². The first-order valence-corrected chi connectivity index (χ1v) is 6.23. The van der Waals surface area contributed by atoms with Crippen LogP contribution in [-0.4, -0.2) is 18.0 Å². The van der Waals surface area contributed by atoms with Crippen molar-refractivity contribution in [1.29, 1.82) is 0 Å². The lowest BCUT2D eigenvalue weighted by Crippen LogP contribution is -2.28. The molecule has 1 nitrogen and oxygen atoms in total. The first kappa shape index (κ1) is 14.4. The molecule has 2 N–H and O–H groups in total. The Labute approximate surface area is 104 Å². The van der Waals surface area contributed by atoms with Crippen molar-refractivity contribution in [3.8, 4) is 0 Å². The van der Waals surface area contributed by atoms with Crippen LogP contribution in [0.5, 0.6) is 0 Å². The number of aryl methyl sites for hydroxylation is 2. The van der Waals surface area contributed by atoms with Crippen molar-refractivity contribution < 1.29 is 13.2 Å². The number of hydrogen-bond donors (Lipinski definition) is 1. The van der Waals surface area contributed by atoms with Crippen molar-refractivity contribution in [1.82, 2.24) is 0 Å². The summed E-state index contributed by atoms with van der Waals surface area (Å²) in [4.78, 5) is 0.673. The smallest absolute Gasteiger partial charge is 0.330 e. The number of thioether (sulfide) groups is 1. The third-order valence-corrected chi connectivity index (χ3v) is 3.89. The van der Waals surface area contributed by atoms with Gasteiger partial charge in [-0.15, -0.1) is 11.8 Å². The molecule has 0 aromatic heterocycles. The molecule has 0 aliphatic heterocycles. The molecule has 0 bridgehead atoms. The summed E-state index contributed by atoms with van der Waals surface area (Å²) in [6, 6.07) is 5.45. The van der Waals surface area contributed by atoms with Gasteiger partial charge in [-0.3, -0.25) is 0 Å². The minimum atomic E-state index is -4.21. The SMILES string of the molecule is Cc1ccc(SC(CCN)C(F)(F)F)c(C)c1. The van der Waals surface area contributed by atoms with E-state index in [4.69, 9.17) is 5.73 Å². The zero-order chi connectivity index (χ0) is 13.1. The fourth-order valence-electron chi connectivity index (χ4n) is 1.53. The molecule has 0 saturated carbocycles. The van der Waals surface area contributed by atoms with E-state index in [-0.39, 0.29) is 13.0 Å². The fourth-order valence-corrected chi connectivity index (χ4v) is 2.61. The average Bonchev–Trinajstić information content (AvgIpc) is 2.19. The second kappa shape index (κ2) is 5.78. The van der Waals surface area contributed by atoms with Crippen LogP contribution in [-0.2, 0) is 0 Å². The van der Waals surface area contributed by atoms with Crippen LogP contribution in [0.3, 0.4) is 0 Å². The van der Waals surface area contributed by atoms with Gasteiger partial charge >= 0.3 is 6.18 Å². The summed E-state index contributed by atoms with van der Waals surface area (Å²) in [6.45, 7) is 3.79. The maximum Gasteiger partial charge on any atom is 0.400 e. The molecule has 17 heavy (non-hydrogen) atoms. The van der Waals surface area contributed by atoms with Gasteiger partial charge in [0.15, 0.2) is 0 Å².